The molecule has 0 aliphatic carbocycles. The zero-order valence-electron chi connectivity index (χ0n) is 22.9. The zero-order valence-corrected chi connectivity index (χ0v) is 22.9. The van der Waals surface area contributed by atoms with E-state index in [9.17, 15) is 9.59 Å². The summed E-state index contributed by atoms with van der Waals surface area (Å²) in [5.41, 5.74) is -1.56. The van der Waals surface area contributed by atoms with Crippen LogP contribution in [0.1, 0.15) is 120 Å². The number of ether oxygens (including phenoxy) is 2. The van der Waals surface area contributed by atoms with Crippen LogP contribution in [0.3, 0.4) is 0 Å². The van der Waals surface area contributed by atoms with Gasteiger partial charge in [-0.15, -0.1) is 0 Å². The van der Waals surface area contributed by atoms with Crippen molar-refractivity contribution in [1.29, 1.82) is 0 Å². The van der Waals surface area contributed by atoms with E-state index in [0.717, 1.165) is 51.4 Å². The quantitative estimate of drug-likeness (QED) is 0.102. The van der Waals surface area contributed by atoms with E-state index in [1.165, 1.54) is 0 Å². The summed E-state index contributed by atoms with van der Waals surface area (Å²) >= 11 is 0. The molecule has 2 unspecified atom stereocenters. The van der Waals surface area contributed by atoms with Crippen LogP contribution in [0.15, 0.2) is 0 Å². The molecule has 0 fully saturated rings. The first-order valence-corrected chi connectivity index (χ1v) is 13.0. The summed E-state index contributed by atoms with van der Waals surface area (Å²) in [4.78, 5) is 44.1. The minimum atomic E-state index is -0.839. The minimum Gasteiger partial charge on any atom is -0.432 e. The topological polar surface area (TPSA) is 89.5 Å². The maximum absolute atomic E-state index is 11.9. The smallest absolute Gasteiger partial charge is 0.432 e. The van der Waals surface area contributed by atoms with Crippen molar-refractivity contribution >= 4 is 12.3 Å². The predicted molar refractivity (Wildman–Crippen MR) is 131 cm³/mol. The van der Waals surface area contributed by atoms with Crippen LogP contribution in [0.25, 0.3) is 0 Å². The second kappa shape index (κ2) is 17.8. The van der Waals surface area contributed by atoms with Gasteiger partial charge in [-0.2, -0.15) is 9.78 Å². The average molecular weight is 491 g/mol. The van der Waals surface area contributed by atoms with Crippen molar-refractivity contribution in [2.45, 2.75) is 131 Å². The van der Waals surface area contributed by atoms with E-state index < -0.39 is 23.5 Å². The maximum atomic E-state index is 11.9. The molecule has 0 amide bonds. The second-order valence-corrected chi connectivity index (χ2v) is 10.3. The van der Waals surface area contributed by atoms with Gasteiger partial charge in [0.05, 0.1) is 13.2 Å². The van der Waals surface area contributed by atoms with Gasteiger partial charge in [-0.05, 0) is 65.2 Å². The van der Waals surface area contributed by atoms with E-state index in [1.807, 2.05) is 0 Å². The van der Waals surface area contributed by atoms with Gasteiger partial charge < -0.3 is 9.47 Å². The van der Waals surface area contributed by atoms with Crippen molar-refractivity contribution in [3.63, 3.8) is 0 Å². The molecule has 0 heterocycles. The number of hydrogen-bond donors (Lipinski definition) is 0. The molecule has 0 aliphatic heterocycles. The Morgan fingerprint density at radius 2 is 1.00 bits per heavy atom. The largest absolute Gasteiger partial charge is 0.540 e. The summed E-state index contributed by atoms with van der Waals surface area (Å²) in [6.07, 6.45) is 7.67. The fourth-order valence-corrected chi connectivity index (χ4v) is 3.20. The Balaban J connectivity index is 4.27. The number of hydrogen-bond acceptors (Lipinski definition) is 8. The molecule has 2 atom stereocenters. The summed E-state index contributed by atoms with van der Waals surface area (Å²) in [7, 11) is 0. The van der Waals surface area contributed by atoms with Crippen LogP contribution in [-0.2, 0) is 29.0 Å². The molecule has 0 rings (SSSR count). The Morgan fingerprint density at radius 3 is 1.29 bits per heavy atom. The van der Waals surface area contributed by atoms with Crippen LogP contribution in [0.5, 0.6) is 0 Å². The molecule has 0 aromatic carbocycles. The van der Waals surface area contributed by atoms with Crippen molar-refractivity contribution in [2.75, 3.05) is 13.2 Å². The van der Waals surface area contributed by atoms with E-state index >= 15 is 0 Å². The fourth-order valence-electron chi connectivity index (χ4n) is 3.20. The normalized spacial score (nSPS) is 13.8. The first-order valence-electron chi connectivity index (χ1n) is 13.0. The molecule has 0 aromatic heterocycles. The highest BCUT2D eigenvalue weighted by atomic mass is 17.2. The second-order valence-electron chi connectivity index (χ2n) is 10.3. The lowest BCUT2D eigenvalue weighted by molar-refractivity contribution is -0.335. The van der Waals surface area contributed by atoms with Crippen molar-refractivity contribution in [1.82, 2.24) is 0 Å². The lowest BCUT2D eigenvalue weighted by Gasteiger charge is -2.28. The van der Waals surface area contributed by atoms with Gasteiger partial charge in [-0.1, -0.05) is 66.2 Å². The van der Waals surface area contributed by atoms with Gasteiger partial charge in [0.2, 0.25) is 0 Å². The molecule has 0 spiro atoms. The Morgan fingerprint density at radius 1 is 0.647 bits per heavy atom. The van der Waals surface area contributed by atoms with Gasteiger partial charge >= 0.3 is 12.3 Å². The molecule has 8 nitrogen and oxygen atoms in total. The van der Waals surface area contributed by atoms with Crippen LogP contribution >= 0.6 is 0 Å². The summed E-state index contributed by atoms with van der Waals surface area (Å²) in [5, 5.41) is 0. The van der Waals surface area contributed by atoms with Crippen molar-refractivity contribution in [2.24, 2.45) is 11.8 Å². The van der Waals surface area contributed by atoms with E-state index in [2.05, 4.69) is 27.7 Å². The van der Waals surface area contributed by atoms with Gasteiger partial charge in [0.15, 0.2) is 0 Å². The number of unbranched alkanes of at least 4 members (excludes halogenated alkanes) is 2. The number of carbonyl (C=O) groups excluding carboxylic acids is 2. The van der Waals surface area contributed by atoms with Crippen molar-refractivity contribution in [3.8, 4) is 0 Å². The van der Waals surface area contributed by atoms with E-state index in [1.54, 1.807) is 27.7 Å². The van der Waals surface area contributed by atoms with Crippen LogP contribution in [0, 0.1) is 11.8 Å². The van der Waals surface area contributed by atoms with Crippen LogP contribution in [-0.4, -0.2) is 36.7 Å². The van der Waals surface area contributed by atoms with E-state index in [0.29, 0.717) is 37.9 Å². The molecular formula is C26H50O8. The molecule has 0 aromatic rings. The van der Waals surface area contributed by atoms with E-state index in [4.69, 9.17) is 29.0 Å². The molecule has 0 bridgehead atoms. The van der Waals surface area contributed by atoms with Crippen LogP contribution in [0.4, 0.5) is 9.59 Å². The molecule has 0 radical (unpaired) electrons. The Bertz CT molecular complexity index is 499. The van der Waals surface area contributed by atoms with Crippen molar-refractivity contribution < 1.29 is 38.6 Å². The van der Waals surface area contributed by atoms with Gasteiger partial charge in [-0.3, -0.25) is 9.78 Å². The summed E-state index contributed by atoms with van der Waals surface area (Å²) in [6, 6.07) is 0. The molecule has 0 saturated heterocycles. The van der Waals surface area contributed by atoms with Gasteiger partial charge in [0.1, 0.15) is 11.2 Å². The third kappa shape index (κ3) is 17.0. The number of carbonyl (C=O) groups is 2. The predicted octanol–water partition coefficient (Wildman–Crippen LogP) is 7.93. The monoisotopic (exact) mass is 490 g/mol. The molecule has 8 heteroatoms. The highest BCUT2D eigenvalue weighted by molar-refractivity contribution is 5.59. The molecule has 34 heavy (non-hydrogen) atoms. The third-order valence-electron chi connectivity index (χ3n) is 5.96. The molecule has 0 saturated carbocycles. The van der Waals surface area contributed by atoms with E-state index in [-0.39, 0.29) is 0 Å². The Kier molecular flexibility index (Phi) is 17.0. The fraction of sp³-hybridized carbons (Fsp3) is 0.923. The maximum Gasteiger partial charge on any atom is 0.540 e. The molecule has 0 aliphatic rings. The summed E-state index contributed by atoms with van der Waals surface area (Å²) < 4.78 is 10.4. The molecular weight excluding hydrogens is 440 g/mol. The highest BCUT2D eigenvalue weighted by Gasteiger charge is 2.30. The Labute approximate surface area is 207 Å². The van der Waals surface area contributed by atoms with Gasteiger partial charge in [0.25, 0.3) is 0 Å². The first-order chi connectivity index (χ1) is 16.0. The molecule has 202 valence electrons. The average Bonchev–Trinajstić information content (AvgIpc) is 2.80. The minimum absolute atomic E-state index is 0.324. The summed E-state index contributed by atoms with van der Waals surface area (Å²) in [6.45, 7) is 16.3. The van der Waals surface area contributed by atoms with Crippen LogP contribution < -0.4 is 0 Å². The third-order valence-corrected chi connectivity index (χ3v) is 5.96. The first kappa shape index (κ1) is 32.5. The van der Waals surface area contributed by atoms with Crippen LogP contribution in [0.2, 0.25) is 0 Å². The zero-order chi connectivity index (χ0) is 26.0. The lowest BCUT2D eigenvalue weighted by atomic mass is 9.94. The van der Waals surface area contributed by atoms with Gasteiger partial charge in [0, 0.05) is 0 Å². The lowest BCUT2D eigenvalue weighted by Crippen LogP contribution is -2.33. The number of rotatable bonds is 19. The standard InChI is InChI=1S/C26H50O8/c1-9-13-15-21(11-3)19-29-23(27)31-33-25(5,6)17-18-26(7,8)34-32-24(28)30-20-22(12-4)16-14-10-2/h21-22H,9-20H2,1-8H3. The SMILES string of the molecule is CCCCC(CC)COC(=O)OOC(C)(C)CCC(C)(C)OOC(=O)OCC(CC)CCCC. The highest BCUT2D eigenvalue weighted by Crippen LogP contribution is 2.26. The summed E-state index contributed by atoms with van der Waals surface area (Å²) in [5.74, 6) is 0.656. The van der Waals surface area contributed by atoms with Crippen molar-refractivity contribution in [3.05, 3.63) is 0 Å². The van der Waals surface area contributed by atoms with Gasteiger partial charge in [-0.25, -0.2) is 9.59 Å². The molecule has 0 N–H and O–H groups in total. The Hall–Kier alpha value is -1.54.